The third kappa shape index (κ3) is 5.45. The van der Waals surface area contributed by atoms with Gasteiger partial charge in [0.05, 0.1) is 4.92 Å². The molecule has 0 radical (unpaired) electrons. The number of carbonyl (C=O) groups excluding carboxylic acids is 2. The zero-order valence-electron chi connectivity index (χ0n) is 17.1. The Kier molecular flexibility index (Phi) is 6.61. The van der Waals surface area contributed by atoms with Gasteiger partial charge in [0.1, 0.15) is 5.75 Å². The van der Waals surface area contributed by atoms with E-state index in [9.17, 15) is 19.7 Å². The molecule has 0 atom stereocenters. The summed E-state index contributed by atoms with van der Waals surface area (Å²) in [5, 5.41) is 13.7. The van der Waals surface area contributed by atoms with E-state index in [-0.39, 0.29) is 29.7 Å². The van der Waals surface area contributed by atoms with Crippen molar-refractivity contribution in [1.29, 1.82) is 0 Å². The third-order valence-corrected chi connectivity index (χ3v) is 4.62. The lowest BCUT2D eigenvalue weighted by molar-refractivity contribution is -0.384. The number of nitrogens with zero attached hydrogens (tertiary/aromatic N) is 2. The number of hydrogen-bond acceptors (Lipinski definition) is 5. The van der Waals surface area contributed by atoms with Gasteiger partial charge in [-0.2, -0.15) is 0 Å². The molecule has 8 nitrogen and oxygen atoms in total. The first-order chi connectivity index (χ1) is 14.8. The van der Waals surface area contributed by atoms with E-state index in [1.807, 2.05) is 31.2 Å². The van der Waals surface area contributed by atoms with Gasteiger partial charge in [-0.25, -0.2) is 0 Å². The van der Waals surface area contributed by atoms with Crippen LogP contribution in [-0.4, -0.2) is 30.4 Å². The van der Waals surface area contributed by atoms with Crippen LogP contribution in [0.3, 0.4) is 0 Å². The number of nitrogens with one attached hydrogen (secondary N) is 1. The van der Waals surface area contributed by atoms with Crippen molar-refractivity contribution >= 4 is 28.9 Å². The highest BCUT2D eigenvalue weighted by molar-refractivity contribution is 6.06. The number of benzene rings is 3. The molecule has 0 aliphatic heterocycles. The average Bonchev–Trinajstić information content (AvgIpc) is 2.78. The van der Waals surface area contributed by atoms with Gasteiger partial charge < -0.3 is 15.0 Å². The Morgan fingerprint density at radius 1 is 1.03 bits per heavy atom. The molecule has 3 aromatic rings. The SMILES string of the molecule is Cc1ccccc1NC(=O)COc1ccc(N(C)C(=O)c2cccc([N+](=O)[O-])c2)cc1. The molecular weight excluding hydrogens is 398 g/mol. The summed E-state index contributed by atoms with van der Waals surface area (Å²) in [5.41, 5.74) is 2.33. The number of carbonyl (C=O) groups is 2. The quantitative estimate of drug-likeness (QED) is 0.457. The van der Waals surface area contributed by atoms with E-state index in [0.29, 0.717) is 11.4 Å². The van der Waals surface area contributed by atoms with Gasteiger partial charge in [-0.15, -0.1) is 0 Å². The van der Waals surface area contributed by atoms with Gasteiger partial charge in [0.2, 0.25) is 0 Å². The maximum atomic E-state index is 12.6. The Labute approximate surface area is 179 Å². The van der Waals surface area contributed by atoms with E-state index in [1.54, 1.807) is 31.3 Å². The summed E-state index contributed by atoms with van der Waals surface area (Å²) in [6.07, 6.45) is 0. The third-order valence-electron chi connectivity index (χ3n) is 4.62. The predicted octanol–water partition coefficient (Wildman–Crippen LogP) is 4.20. The summed E-state index contributed by atoms with van der Waals surface area (Å²) in [5.74, 6) is -0.189. The number of hydrogen-bond donors (Lipinski definition) is 1. The van der Waals surface area contributed by atoms with Gasteiger partial charge in [-0.3, -0.25) is 19.7 Å². The molecule has 1 N–H and O–H groups in total. The van der Waals surface area contributed by atoms with Gasteiger partial charge in [-0.05, 0) is 48.9 Å². The topological polar surface area (TPSA) is 102 Å². The maximum absolute atomic E-state index is 12.6. The summed E-state index contributed by atoms with van der Waals surface area (Å²) in [4.78, 5) is 36.5. The molecule has 0 unspecified atom stereocenters. The number of nitro groups is 1. The van der Waals surface area contributed by atoms with Crippen molar-refractivity contribution in [3.63, 3.8) is 0 Å². The maximum Gasteiger partial charge on any atom is 0.270 e. The summed E-state index contributed by atoms with van der Waals surface area (Å²) in [6.45, 7) is 1.75. The average molecular weight is 419 g/mol. The van der Waals surface area contributed by atoms with Crippen LogP contribution in [0.2, 0.25) is 0 Å². The summed E-state index contributed by atoms with van der Waals surface area (Å²) < 4.78 is 5.51. The number of para-hydroxylation sites is 1. The fraction of sp³-hybridized carbons (Fsp3) is 0.130. The van der Waals surface area contributed by atoms with Crippen molar-refractivity contribution in [2.75, 3.05) is 23.9 Å². The molecule has 3 aromatic carbocycles. The minimum Gasteiger partial charge on any atom is -0.484 e. The Bertz CT molecular complexity index is 1110. The number of nitro benzene ring substituents is 1. The first-order valence-corrected chi connectivity index (χ1v) is 9.46. The Balaban J connectivity index is 1.60. The normalized spacial score (nSPS) is 10.3. The molecule has 158 valence electrons. The van der Waals surface area contributed by atoms with Crippen molar-refractivity contribution in [1.82, 2.24) is 0 Å². The van der Waals surface area contributed by atoms with Gasteiger partial charge in [0.25, 0.3) is 17.5 Å². The fourth-order valence-electron chi connectivity index (χ4n) is 2.88. The number of ether oxygens (including phenoxy) is 1. The summed E-state index contributed by atoms with van der Waals surface area (Å²) >= 11 is 0. The molecule has 0 heterocycles. The smallest absolute Gasteiger partial charge is 0.270 e. The van der Waals surface area contributed by atoms with Crippen LogP contribution >= 0.6 is 0 Å². The molecule has 0 aliphatic rings. The number of non-ortho nitro benzene ring substituents is 1. The van der Waals surface area contributed by atoms with Gasteiger partial charge in [0, 0.05) is 36.1 Å². The van der Waals surface area contributed by atoms with E-state index in [1.165, 1.54) is 29.2 Å². The minimum absolute atomic E-state index is 0.146. The second-order valence-electron chi connectivity index (χ2n) is 6.82. The molecule has 8 heteroatoms. The zero-order valence-corrected chi connectivity index (χ0v) is 17.1. The molecule has 0 aliphatic carbocycles. The first-order valence-electron chi connectivity index (χ1n) is 9.46. The lowest BCUT2D eigenvalue weighted by Crippen LogP contribution is -2.26. The molecular formula is C23H21N3O5. The molecule has 0 bridgehead atoms. The van der Waals surface area contributed by atoms with Gasteiger partial charge >= 0.3 is 0 Å². The monoisotopic (exact) mass is 419 g/mol. The van der Waals surface area contributed by atoms with E-state index >= 15 is 0 Å². The van der Waals surface area contributed by atoms with E-state index in [2.05, 4.69) is 5.32 Å². The van der Waals surface area contributed by atoms with Crippen LogP contribution in [0.4, 0.5) is 17.1 Å². The molecule has 0 spiro atoms. The molecule has 2 amide bonds. The van der Waals surface area contributed by atoms with Crippen LogP contribution < -0.4 is 15.0 Å². The largest absolute Gasteiger partial charge is 0.484 e. The number of rotatable bonds is 7. The Morgan fingerprint density at radius 3 is 2.42 bits per heavy atom. The minimum atomic E-state index is -0.543. The zero-order chi connectivity index (χ0) is 22.4. The fourth-order valence-corrected chi connectivity index (χ4v) is 2.88. The summed E-state index contributed by atoms with van der Waals surface area (Å²) in [6, 6.07) is 19.7. The Morgan fingerprint density at radius 2 is 1.74 bits per heavy atom. The Hall–Kier alpha value is -4.20. The van der Waals surface area contributed by atoms with Crippen LogP contribution in [0.1, 0.15) is 15.9 Å². The lowest BCUT2D eigenvalue weighted by atomic mass is 10.1. The van der Waals surface area contributed by atoms with Crippen molar-refractivity contribution in [2.24, 2.45) is 0 Å². The predicted molar refractivity (Wildman–Crippen MR) is 118 cm³/mol. The molecule has 0 saturated carbocycles. The van der Waals surface area contributed by atoms with E-state index < -0.39 is 4.92 Å². The second-order valence-corrected chi connectivity index (χ2v) is 6.82. The number of amides is 2. The van der Waals surface area contributed by atoms with Crippen molar-refractivity contribution in [2.45, 2.75) is 6.92 Å². The second kappa shape index (κ2) is 9.53. The van der Waals surface area contributed by atoms with Crippen LogP contribution in [0.5, 0.6) is 5.75 Å². The van der Waals surface area contributed by atoms with Crippen molar-refractivity contribution in [3.8, 4) is 5.75 Å². The molecule has 0 aromatic heterocycles. The molecule has 31 heavy (non-hydrogen) atoms. The summed E-state index contributed by atoms with van der Waals surface area (Å²) in [7, 11) is 1.58. The molecule has 3 rings (SSSR count). The number of aryl methyl sites for hydroxylation is 1. The first kappa shape index (κ1) is 21.5. The van der Waals surface area contributed by atoms with Crippen LogP contribution in [0, 0.1) is 17.0 Å². The van der Waals surface area contributed by atoms with Crippen LogP contribution in [0.15, 0.2) is 72.8 Å². The molecule has 0 saturated heterocycles. The van der Waals surface area contributed by atoms with E-state index in [4.69, 9.17) is 4.74 Å². The lowest BCUT2D eigenvalue weighted by Gasteiger charge is -2.18. The van der Waals surface area contributed by atoms with Gasteiger partial charge in [0.15, 0.2) is 6.61 Å². The van der Waals surface area contributed by atoms with Crippen molar-refractivity contribution in [3.05, 3.63) is 94.0 Å². The molecule has 0 fully saturated rings. The van der Waals surface area contributed by atoms with Crippen LogP contribution in [-0.2, 0) is 4.79 Å². The van der Waals surface area contributed by atoms with Crippen LogP contribution in [0.25, 0.3) is 0 Å². The van der Waals surface area contributed by atoms with Crippen molar-refractivity contribution < 1.29 is 19.2 Å². The standard InChI is InChI=1S/C23H21N3O5/c1-16-6-3-4-9-21(16)24-22(27)15-31-20-12-10-18(11-13-20)25(2)23(28)17-7-5-8-19(14-17)26(29)30/h3-14H,15H2,1-2H3,(H,24,27). The van der Waals surface area contributed by atoms with E-state index in [0.717, 1.165) is 11.3 Å². The highest BCUT2D eigenvalue weighted by Gasteiger charge is 2.16. The highest BCUT2D eigenvalue weighted by Crippen LogP contribution is 2.22. The number of anilines is 2. The van der Waals surface area contributed by atoms with Gasteiger partial charge in [-0.1, -0.05) is 24.3 Å². The highest BCUT2D eigenvalue weighted by atomic mass is 16.6.